The van der Waals surface area contributed by atoms with Crippen LogP contribution < -0.4 is 10.2 Å². The molecule has 27 heavy (non-hydrogen) atoms. The molecular formula is C19H17FN4O2S. The van der Waals surface area contributed by atoms with Gasteiger partial charge in [0.25, 0.3) is 0 Å². The van der Waals surface area contributed by atoms with Gasteiger partial charge in [0.05, 0.1) is 0 Å². The number of amidine groups is 1. The molecule has 1 atom stereocenters. The lowest BCUT2D eigenvalue weighted by molar-refractivity contribution is -0.128. The molecule has 2 aliphatic heterocycles. The van der Waals surface area contributed by atoms with Crippen molar-refractivity contribution in [3.63, 3.8) is 0 Å². The number of fused-ring (bicyclic) bond motifs is 1. The minimum absolute atomic E-state index is 0.0878. The zero-order chi connectivity index (χ0) is 18.8. The minimum Gasteiger partial charge on any atom is -0.334 e. The Morgan fingerprint density at radius 1 is 1.19 bits per heavy atom. The van der Waals surface area contributed by atoms with Crippen molar-refractivity contribution >= 4 is 40.1 Å². The van der Waals surface area contributed by atoms with Gasteiger partial charge in [-0.3, -0.25) is 14.5 Å². The van der Waals surface area contributed by atoms with Crippen LogP contribution in [-0.2, 0) is 9.59 Å². The number of nitrogens with zero attached hydrogens (tertiary/aromatic N) is 3. The molecule has 0 spiro atoms. The van der Waals surface area contributed by atoms with Crippen LogP contribution in [0.15, 0.2) is 59.6 Å². The third kappa shape index (κ3) is 3.80. The molecule has 2 heterocycles. The van der Waals surface area contributed by atoms with Gasteiger partial charge in [0.15, 0.2) is 5.17 Å². The van der Waals surface area contributed by atoms with Crippen LogP contribution in [0.3, 0.4) is 0 Å². The first-order chi connectivity index (χ1) is 13.1. The molecule has 0 aliphatic carbocycles. The van der Waals surface area contributed by atoms with E-state index in [-0.39, 0.29) is 24.1 Å². The molecular weight excluding hydrogens is 367 g/mol. The number of thioether (sulfide) groups is 1. The Hall–Kier alpha value is -2.87. The van der Waals surface area contributed by atoms with Crippen LogP contribution in [-0.4, -0.2) is 40.5 Å². The van der Waals surface area contributed by atoms with E-state index >= 15 is 0 Å². The average molecular weight is 384 g/mol. The Bertz CT molecular complexity index is 888. The number of hydrogen-bond donors (Lipinski definition) is 1. The number of hydrogen-bond acceptors (Lipinski definition) is 5. The Morgan fingerprint density at radius 2 is 1.93 bits per heavy atom. The highest BCUT2D eigenvalue weighted by atomic mass is 32.2. The highest BCUT2D eigenvalue weighted by molar-refractivity contribution is 8.15. The van der Waals surface area contributed by atoms with Gasteiger partial charge in [-0.25, -0.2) is 9.38 Å². The van der Waals surface area contributed by atoms with E-state index in [0.29, 0.717) is 24.2 Å². The van der Waals surface area contributed by atoms with Crippen LogP contribution in [0.1, 0.15) is 6.42 Å². The number of rotatable bonds is 4. The van der Waals surface area contributed by atoms with Crippen molar-refractivity contribution < 1.29 is 14.0 Å². The smallest absolute Gasteiger partial charge is 0.244 e. The van der Waals surface area contributed by atoms with Crippen LogP contribution in [0.2, 0.25) is 0 Å². The van der Waals surface area contributed by atoms with Crippen LogP contribution in [0.4, 0.5) is 15.8 Å². The Kier molecular flexibility index (Phi) is 4.81. The molecule has 2 aromatic carbocycles. The molecule has 1 unspecified atom stereocenters. The highest BCUT2D eigenvalue weighted by Crippen LogP contribution is 2.33. The van der Waals surface area contributed by atoms with E-state index in [4.69, 9.17) is 0 Å². The monoisotopic (exact) mass is 384 g/mol. The van der Waals surface area contributed by atoms with E-state index in [0.717, 1.165) is 5.69 Å². The molecule has 1 N–H and O–H groups in total. The average Bonchev–Trinajstić information content (AvgIpc) is 2.98. The molecule has 2 aromatic rings. The fourth-order valence-corrected chi connectivity index (χ4v) is 4.09. The summed E-state index contributed by atoms with van der Waals surface area (Å²) in [6.45, 7) is 0.730. The standard InChI is InChI=1S/C19H17FN4O2S/c20-13-6-8-15(9-7-13)23-11-21-19-24(12-23)18(26)16(27-19)10-17(25)22-14-4-2-1-3-5-14/h1-9,16H,10-12H2,(H,22,25). The molecule has 4 rings (SSSR count). The van der Waals surface area contributed by atoms with Gasteiger partial charge in [-0.15, -0.1) is 0 Å². The lowest BCUT2D eigenvalue weighted by atomic mass is 10.2. The number of para-hydroxylation sites is 1. The van der Waals surface area contributed by atoms with Crippen LogP contribution in [0, 0.1) is 5.82 Å². The fraction of sp³-hybridized carbons (Fsp3) is 0.211. The number of benzene rings is 2. The van der Waals surface area contributed by atoms with Gasteiger partial charge in [0.1, 0.15) is 24.4 Å². The van der Waals surface area contributed by atoms with E-state index in [1.165, 1.54) is 23.9 Å². The number of aliphatic imine (C=N–C) groups is 1. The number of carbonyl (C=O) groups is 2. The largest absolute Gasteiger partial charge is 0.334 e. The molecule has 2 amide bonds. The van der Waals surface area contributed by atoms with Gasteiger partial charge < -0.3 is 10.2 Å². The minimum atomic E-state index is -0.486. The summed E-state index contributed by atoms with van der Waals surface area (Å²) in [5, 5.41) is 2.95. The summed E-state index contributed by atoms with van der Waals surface area (Å²) >= 11 is 1.32. The highest BCUT2D eigenvalue weighted by Gasteiger charge is 2.41. The second-order valence-corrected chi connectivity index (χ2v) is 7.40. The summed E-state index contributed by atoms with van der Waals surface area (Å²) in [5.74, 6) is -0.645. The SMILES string of the molecule is O=C(CC1SC2=NCN(c3ccc(F)cc3)CN2C1=O)Nc1ccccc1. The van der Waals surface area contributed by atoms with Gasteiger partial charge in [-0.05, 0) is 36.4 Å². The van der Waals surface area contributed by atoms with Crippen molar-refractivity contribution in [2.45, 2.75) is 11.7 Å². The van der Waals surface area contributed by atoms with Gasteiger partial charge >= 0.3 is 0 Å². The van der Waals surface area contributed by atoms with Crippen molar-refractivity contribution in [3.05, 3.63) is 60.4 Å². The van der Waals surface area contributed by atoms with E-state index in [9.17, 15) is 14.0 Å². The molecule has 8 heteroatoms. The Morgan fingerprint density at radius 3 is 2.67 bits per heavy atom. The van der Waals surface area contributed by atoms with Gasteiger partial charge in [-0.1, -0.05) is 30.0 Å². The maximum absolute atomic E-state index is 13.1. The first kappa shape index (κ1) is 17.5. The normalized spacial score (nSPS) is 18.9. The van der Waals surface area contributed by atoms with Gasteiger partial charge in [0, 0.05) is 17.8 Å². The molecule has 138 valence electrons. The molecule has 0 saturated carbocycles. The van der Waals surface area contributed by atoms with Crippen molar-refractivity contribution in [2.24, 2.45) is 4.99 Å². The second-order valence-electron chi connectivity index (χ2n) is 6.23. The van der Waals surface area contributed by atoms with Gasteiger partial charge in [-0.2, -0.15) is 0 Å². The predicted octanol–water partition coefficient (Wildman–Crippen LogP) is 2.89. The Labute approximate surface area is 160 Å². The summed E-state index contributed by atoms with van der Waals surface area (Å²) in [4.78, 5) is 32.9. The number of anilines is 2. The fourth-order valence-electron chi connectivity index (χ4n) is 2.97. The molecule has 0 aromatic heterocycles. The first-order valence-electron chi connectivity index (χ1n) is 8.48. The van der Waals surface area contributed by atoms with Crippen LogP contribution in [0.25, 0.3) is 0 Å². The summed E-state index contributed by atoms with van der Waals surface area (Å²) < 4.78 is 13.1. The van der Waals surface area contributed by atoms with Crippen LogP contribution in [0.5, 0.6) is 0 Å². The topological polar surface area (TPSA) is 65.0 Å². The Balaban J connectivity index is 1.40. The number of carbonyl (C=O) groups excluding carboxylic acids is 2. The molecule has 1 fully saturated rings. The van der Waals surface area contributed by atoms with E-state index in [1.54, 1.807) is 29.2 Å². The third-order valence-corrected chi connectivity index (χ3v) is 5.54. The summed E-state index contributed by atoms with van der Waals surface area (Å²) in [7, 11) is 0. The van der Waals surface area contributed by atoms with Crippen LogP contribution >= 0.6 is 11.8 Å². The maximum atomic E-state index is 13.1. The van der Waals surface area contributed by atoms with E-state index in [2.05, 4.69) is 10.3 Å². The quantitative estimate of drug-likeness (QED) is 0.880. The second kappa shape index (κ2) is 7.40. The van der Waals surface area contributed by atoms with Crippen molar-refractivity contribution in [1.82, 2.24) is 4.90 Å². The van der Waals surface area contributed by atoms with Gasteiger partial charge in [0.2, 0.25) is 11.8 Å². The molecule has 6 nitrogen and oxygen atoms in total. The summed E-state index contributed by atoms with van der Waals surface area (Å²) in [6, 6.07) is 15.2. The molecule has 1 saturated heterocycles. The van der Waals surface area contributed by atoms with Crippen molar-refractivity contribution in [1.29, 1.82) is 0 Å². The van der Waals surface area contributed by atoms with Crippen molar-refractivity contribution in [2.75, 3.05) is 23.6 Å². The lowest BCUT2D eigenvalue weighted by Gasteiger charge is -2.32. The summed E-state index contributed by atoms with van der Waals surface area (Å²) in [5.41, 5.74) is 1.50. The van der Waals surface area contributed by atoms with E-state index in [1.807, 2.05) is 23.1 Å². The third-order valence-electron chi connectivity index (χ3n) is 4.33. The number of nitrogens with one attached hydrogen (secondary N) is 1. The maximum Gasteiger partial charge on any atom is 0.244 e. The number of halogens is 1. The molecule has 2 aliphatic rings. The molecule has 0 radical (unpaired) electrons. The predicted molar refractivity (Wildman–Crippen MR) is 104 cm³/mol. The first-order valence-corrected chi connectivity index (χ1v) is 9.36. The molecule has 0 bridgehead atoms. The van der Waals surface area contributed by atoms with E-state index < -0.39 is 5.25 Å². The number of amides is 2. The lowest BCUT2D eigenvalue weighted by Crippen LogP contribution is -2.46. The summed E-state index contributed by atoms with van der Waals surface area (Å²) in [6.07, 6.45) is 0.0878. The zero-order valence-corrected chi connectivity index (χ0v) is 15.2. The van der Waals surface area contributed by atoms with Crippen molar-refractivity contribution in [3.8, 4) is 0 Å². The zero-order valence-electron chi connectivity index (χ0n) is 14.3.